The Morgan fingerprint density at radius 2 is 1.88 bits per heavy atom. The number of ether oxygens (including phenoxy) is 1. The second-order valence-electron chi connectivity index (χ2n) is 5.61. The van der Waals surface area contributed by atoms with Gasteiger partial charge in [-0.25, -0.2) is 0 Å². The van der Waals surface area contributed by atoms with E-state index in [0.717, 1.165) is 19.1 Å². The molecule has 0 heterocycles. The van der Waals surface area contributed by atoms with Crippen LogP contribution in [0.15, 0.2) is 0 Å². The number of hydrogen-bond donors (Lipinski definition) is 1. The average Bonchev–Trinajstić information content (AvgIpc) is 2.28. The molecule has 1 N–H and O–H groups in total. The van der Waals surface area contributed by atoms with Crippen molar-refractivity contribution < 1.29 is 4.74 Å². The van der Waals surface area contributed by atoms with Gasteiger partial charge in [0, 0.05) is 26.3 Å². The van der Waals surface area contributed by atoms with Crippen molar-refractivity contribution in [1.29, 1.82) is 0 Å². The van der Waals surface area contributed by atoms with Crippen LogP contribution in [-0.2, 0) is 4.74 Å². The Morgan fingerprint density at radius 1 is 1.19 bits per heavy atom. The van der Waals surface area contributed by atoms with Crippen molar-refractivity contribution in [3.05, 3.63) is 0 Å². The van der Waals surface area contributed by atoms with Crippen LogP contribution in [0.1, 0.15) is 52.4 Å². The average molecular weight is 227 g/mol. The van der Waals surface area contributed by atoms with Crippen molar-refractivity contribution >= 4 is 0 Å². The fourth-order valence-corrected chi connectivity index (χ4v) is 2.75. The standard InChI is InChI=1S/C14H29NO/c1-12(11-16-3)10-15-13(2)9-14-7-5-4-6-8-14/h12-15H,4-11H2,1-3H3. The Balaban J connectivity index is 2.07. The van der Waals surface area contributed by atoms with Crippen molar-refractivity contribution in [2.45, 2.75) is 58.4 Å². The van der Waals surface area contributed by atoms with Crippen LogP contribution >= 0.6 is 0 Å². The van der Waals surface area contributed by atoms with Gasteiger partial charge < -0.3 is 10.1 Å². The lowest BCUT2D eigenvalue weighted by Crippen LogP contribution is -2.33. The molecule has 96 valence electrons. The van der Waals surface area contributed by atoms with Crippen molar-refractivity contribution in [3.8, 4) is 0 Å². The molecule has 0 aromatic heterocycles. The van der Waals surface area contributed by atoms with Gasteiger partial charge in [0.05, 0.1) is 0 Å². The number of methoxy groups -OCH3 is 1. The van der Waals surface area contributed by atoms with Gasteiger partial charge in [0.2, 0.25) is 0 Å². The van der Waals surface area contributed by atoms with Gasteiger partial charge in [-0.05, 0) is 25.2 Å². The fraction of sp³-hybridized carbons (Fsp3) is 1.00. The van der Waals surface area contributed by atoms with E-state index in [1.54, 1.807) is 7.11 Å². The Morgan fingerprint density at radius 3 is 2.50 bits per heavy atom. The maximum absolute atomic E-state index is 5.15. The second-order valence-corrected chi connectivity index (χ2v) is 5.61. The van der Waals surface area contributed by atoms with E-state index in [2.05, 4.69) is 19.2 Å². The van der Waals surface area contributed by atoms with Crippen molar-refractivity contribution in [3.63, 3.8) is 0 Å². The summed E-state index contributed by atoms with van der Waals surface area (Å²) in [5.74, 6) is 1.60. The molecule has 0 bridgehead atoms. The van der Waals surface area contributed by atoms with Crippen molar-refractivity contribution in [1.82, 2.24) is 5.32 Å². The molecule has 0 spiro atoms. The van der Waals surface area contributed by atoms with Gasteiger partial charge in [0.25, 0.3) is 0 Å². The maximum Gasteiger partial charge on any atom is 0.0499 e. The zero-order valence-electron chi connectivity index (χ0n) is 11.3. The van der Waals surface area contributed by atoms with Crippen LogP contribution in [0.2, 0.25) is 0 Å². The molecule has 0 aromatic carbocycles. The molecule has 1 rings (SSSR count). The molecule has 1 fully saturated rings. The highest BCUT2D eigenvalue weighted by Gasteiger charge is 2.16. The predicted molar refractivity (Wildman–Crippen MR) is 69.7 cm³/mol. The van der Waals surface area contributed by atoms with Crippen LogP contribution in [-0.4, -0.2) is 26.3 Å². The summed E-state index contributed by atoms with van der Waals surface area (Å²) >= 11 is 0. The minimum absolute atomic E-state index is 0.624. The van der Waals surface area contributed by atoms with Gasteiger partial charge in [-0.15, -0.1) is 0 Å². The van der Waals surface area contributed by atoms with E-state index in [0.29, 0.717) is 12.0 Å². The highest BCUT2D eigenvalue weighted by Crippen LogP contribution is 2.27. The molecule has 2 heteroatoms. The first-order valence-corrected chi connectivity index (χ1v) is 6.94. The Kier molecular flexibility index (Phi) is 7.06. The third-order valence-corrected chi connectivity index (χ3v) is 3.68. The van der Waals surface area contributed by atoms with Gasteiger partial charge in [0.1, 0.15) is 0 Å². The summed E-state index contributed by atoms with van der Waals surface area (Å²) in [6.07, 6.45) is 8.65. The lowest BCUT2D eigenvalue weighted by Gasteiger charge is -2.26. The molecule has 2 atom stereocenters. The van der Waals surface area contributed by atoms with Crippen LogP contribution in [0.3, 0.4) is 0 Å². The lowest BCUT2D eigenvalue weighted by molar-refractivity contribution is 0.156. The fourth-order valence-electron chi connectivity index (χ4n) is 2.75. The zero-order valence-corrected chi connectivity index (χ0v) is 11.3. The van der Waals surface area contributed by atoms with Crippen LogP contribution in [0.5, 0.6) is 0 Å². The van der Waals surface area contributed by atoms with E-state index >= 15 is 0 Å². The Hall–Kier alpha value is -0.0800. The molecule has 2 nitrogen and oxygen atoms in total. The molecule has 0 aromatic rings. The maximum atomic E-state index is 5.15. The summed E-state index contributed by atoms with van der Waals surface area (Å²) in [7, 11) is 1.78. The van der Waals surface area contributed by atoms with Gasteiger partial charge in [-0.1, -0.05) is 39.0 Å². The molecule has 1 aliphatic rings. The summed E-state index contributed by atoms with van der Waals surface area (Å²) in [5, 5.41) is 3.63. The zero-order chi connectivity index (χ0) is 11.8. The second kappa shape index (κ2) is 8.08. The first-order chi connectivity index (χ1) is 7.72. The SMILES string of the molecule is COCC(C)CNC(C)CC1CCCCC1. The van der Waals surface area contributed by atoms with E-state index in [1.165, 1.54) is 38.5 Å². The first kappa shape index (κ1) is 14.0. The molecule has 2 unspecified atom stereocenters. The van der Waals surface area contributed by atoms with Crippen molar-refractivity contribution in [2.75, 3.05) is 20.3 Å². The topological polar surface area (TPSA) is 21.3 Å². The summed E-state index contributed by atoms with van der Waals surface area (Å²) < 4.78 is 5.15. The molecule has 0 amide bonds. The third kappa shape index (κ3) is 5.86. The highest BCUT2D eigenvalue weighted by molar-refractivity contribution is 4.72. The normalized spacial score (nSPS) is 21.9. The number of hydrogen-bond acceptors (Lipinski definition) is 2. The van der Waals surface area contributed by atoms with E-state index in [-0.39, 0.29) is 0 Å². The van der Waals surface area contributed by atoms with Crippen LogP contribution in [0, 0.1) is 11.8 Å². The Bertz CT molecular complexity index is 166. The molecular formula is C14H29NO. The summed E-state index contributed by atoms with van der Waals surface area (Å²) in [4.78, 5) is 0. The largest absolute Gasteiger partial charge is 0.384 e. The molecule has 1 saturated carbocycles. The van der Waals surface area contributed by atoms with Crippen LogP contribution < -0.4 is 5.32 Å². The third-order valence-electron chi connectivity index (χ3n) is 3.68. The number of rotatable bonds is 7. The predicted octanol–water partition coefficient (Wildman–Crippen LogP) is 3.22. The highest BCUT2D eigenvalue weighted by atomic mass is 16.5. The van der Waals surface area contributed by atoms with Crippen molar-refractivity contribution in [2.24, 2.45) is 11.8 Å². The molecule has 0 aliphatic heterocycles. The van der Waals surface area contributed by atoms with Crippen LogP contribution in [0.4, 0.5) is 0 Å². The van der Waals surface area contributed by atoms with E-state index in [1.807, 2.05) is 0 Å². The number of nitrogens with one attached hydrogen (secondary N) is 1. The van der Waals surface area contributed by atoms with Crippen LogP contribution in [0.25, 0.3) is 0 Å². The molecule has 16 heavy (non-hydrogen) atoms. The summed E-state index contributed by atoms with van der Waals surface area (Å²) in [6.45, 7) is 6.52. The van der Waals surface area contributed by atoms with Gasteiger partial charge >= 0.3 is 0 Å². The van der Waals surface area contributed by atoms with Gasteiger partial charge in [-0.3, -0.25) is 0 Å². The lowest BCUT2D eigenvalue weighted by atomic mass is 9.85. The Labute approximate surface area is 101 Å². The first-order valence-electron chi connectivity index (χ1n) is 6.94. The minimum atomic E-state index is 0.624. The summed E-state index contributed by atoms with van der Waals surface area (Å²) in [5.41, 5.74) is 0. The molecule has 0 saturated heterocycles. The molecular weight excluding hydrogens is 198 g/mol. The molecule has 0 radical (unpaired) electrons. The van der Waals surface area contributed by atoms with E-state index in [4.69, 9.17) is 4.74 Å². The van der Waals surface area contributed by atoms with Gasteiger partial charge in [0.15, 0.2) is 0 Å². The van der Waals surface area contributed by atoms with E-state index < -0.39 is 0 Å². The quantitative estimate of drug-likeness (QED) is 0.721. The monoisotopic (exact) mass is 227 g/mol. The summed E-state index contributed by atoms with van der Waals surface area (Å²) in [6, 6.07) is 0.669. The molecule has 1 aliphatic carbocycles. The van der Waals surface area contributed by atoms with Gasteiger partial charge in [-0.2, -0.15) is 0 Å². The van der Waals surface area contributed by atoms with E-state index in [9.17, 15) is 0 Å². The smallest absolute Gasteiger partial charge is 0.0499 e. The minimum Gasteiger partial charge on any atom is -0.384 e.